The topological polar surface area (TPSA) is 50.7 Å². The minimum atomic E-state index is 0.301. The summed E-state index contributed by atoms with van der Waals surface area (Å²) in [7, 11) is 0. The van der Waals surface area contributed by atoms with Crippen LogP contribution in [0.5, 0.6) is 0 Å². The van der Waals surface area contributed by atoms with Crippen LogP contribution in [0.2, 0.25) is 0 Å². The molecule has 1 aliphatic carbocycles. The molecule has 0 radical (unpaired) electrons. The SMILES string of the molecule is Cc1nc(-c2ccncc2)ncc1[C@H](C)NC1CCCCC1. The zero-order chi connectivity index (χ0) is 15.4. The van der Waals surface area contributed by atoms with E-state index in [2.05, 4.69) is 34.1 Å². The highest BCUT2D eigenvalue weighted by Gasteiger charge is 2.18. The van der Waals surface area contributed by atoms with Crippen molar-refractivity contribution in [2.45, 2.75) is 58.0 Å². The van der Waals surface area contributed by atoms with Crippen molar-refractivity contribution in [1.82, 2.24) is 20.3 Å². The van der Waals surface area contributed by atoms with Gasteiger partial charge in [0, 0.05) is 47.5 Å². The van der Waals surface area contributed by atoms with Crippen molar-refractivity contribution < 1.29 is 0 Å². The second-order valence-corrected chi connectivity index (χ2v) is 6.19. The fourth-order valence-corrected chi connectivity index (χ4v) is 3.25. The normalized spacial score (nSPS) is 17.4. The van der Waals surface area contributed by atoms with Crippen molar-refractivity contribution in [3.05, 3.63) is 42.0 Å². The maximum Gasteiger partial charge on any atom is 0.159 e. The Bertz CT molecular complexity index is 606. The van der Waals surface area contributed by atoms with Gasteiger partial charge in [0.2, 0.25) is 0 Å². The van der Waals surface area contributed by atoms with Gasteiger partial charge in [-0.3, -0.25) is 4.98 Å². The van der Waals surface area contributed by atoms with Gasteiger partial charge in [0.15, 0.2) is 5.82 Å². The molecule has 4 nitrogen and oxygen atoms in total. The van der Waals surface area contributed by atoms with Gasteiger partial charge < -0.3 is 5.32 Å². The molecule has 0 saturated heterocycles. The lowest BCUT2D eigenvalue weighted by Gasteiger charge is -2.27. The van der Waals surface area contributed by atoms with E-state index in [1.165, 1.54) is 37.7 Å². The van der Waals surface area contributed by atoms with Crippen molar-refractivity contribution >= 4 is 0 Å². The lowest BCUT2D eigenvalue weighted by molar-refractivity contribution is 0.346. The Kier molecular flexibility index (Phi) is 4.78. The Hall–Kier alpha value is -1.81. The summed E-state index contributed by atoms with van der Waals surface area (Å²) in [6.07, 6.45) is 12.2. The molecular formula is C18H24N4. The molecule has 0 spiro atoms. The average Bonchev–Trinajstić information content (AvgIpc) is 2.56. The molecule has 1 aliphatic rings. The van der Waals surface area contributed by atoms with Crippen LogP contribution in [0.3, 0.4) is 0 Å². The quantitative estimate of drug-likeness (QED) is 0.931. The number of pyridine rings is 1. The molecule has 2 aromatic heterocycles. The van der Waals surface area contributed by atoms with Crippen LogP contribution < -0.4 is 5.32 Å². The van der Waals surface area contributed by atoms with Gasteiger partial charge >= 0.3 is 0 Å². The molecule has 0 unspecified atom stereocenters. The fourth-order valence-electron chi connectivity index (χ4n) is 3.25. The third-order valence-electron chi connectivity index (χ3n) is 4.51. The Balaban J connectivity index is 1.74. The number of hydrogen-bond donors (Lipinski definition) is 1. The van der Waals surface area contributed by atoms with Crippen LogP contribution in [-0.2, 0) is 0 Å². The van der Waals surface area contributed by atoms with Crippen LogP contribution in [0, 0.1) is 6.92 Å². The van der Waals surface area contributed by atoms with Crippen LogP contribution in [-0.4, -0.2) is 21.0 Å². The number of hydrogen-bond acceptors (Lipinski definition) is 4. The number of aromatic nitrogens is 3. The molecule has 2 heterocycles. The molecule has 3 rings (SSSR count). The van der Waals surface area contributed by atoms with Crippen LogP contribution in [0.25, 0.3) is 11.4 Å². The number of aryl methyl sites for hydroxylation is 1. The van der Waals surface area contributed by atoms with Gasteiger partial charge in [0.05, 0.1) is 0 Å². The van der Waals surface area contributed by atoms with Crippen LogP contribution in [0.15, 0.2) is 30.7 Å². The summed E-state index contributed by atoms with van der Waals surface area (Å²) in [5.74, 6) is 0.772. The van der Waals surface area contributed by atoms with E-state index in [1.54, 1.807) is 12.4 Å². The third-order valence-corrected chi connectivity index (χ3v) is 4.51. The fraction of sp³-hybridized carbons (Fsp3) is 0.500. The van der Waals surface area contributed by atoms with Crippen LogP contribution in [0.4, 0.5) is 0 Å². The van der Waals surface area contributed by atoms with Gasteiger partial charge in [0.25, 0.3) is 0 Å². The molecule has 0 bridgehead atoms. The van der Waals surface area contributed by atoms with Crippen molar-refractivity contribution in [2.75, 3.05) is 0 Å². The Morgan fingerprint density at radius 2 is 1.86 bits per heavy atom. The van der Waals surface area contributed by atoms with E-state index < -0.39 is 0 Å². The summed E-state index contributed by atoms with van der Waals surface area (Å²) >= 11 is 0. The largest absolute Gasteiger partial charge is 0.307 e. The maximum absolute atomic E-state index is 4.68. The molecule has 0 aromatic carbocycles. The van der Waals surface area contributed by atoms with Gasteiger partial charge in [-0.2, -0.15) is 0 Å². The Morgan fingerprint density at radius 3 is 2.55 bits per heavy atom. The first kappa shape index (κ1) is 15.1. The van der Waals surface area contributed by atoms with Gasteiger partial charge in [-0.25, -0.2) is 9.97 Å². The summed E-state index contributed by atoms with van der Waals surface area (Å²) in [5, 5.41) is 3.75. The van der Waals surface area contributed by atoms with Gasteiger partial charge in [-0.1, -0.05) is 19.3 Å². The third kappa shape index (κ3) is 3.50. The predicted octanol–water partition coefficient (Wildman–Crippen LogP) is 3.83. The summed E-state index contributed by atoms with van der Waals surface area (Å²) < 4.78 is 0. The first-order chi connectivity index (χ1) is 10.7. The Morgan fingerprint density at radius 1 is 1.14 bits per heavy atom. The zero-order valence-corrected chi connectivity index (χ0v) is 13.4. The summed E-state index contributed by atoms with van der Waals surface area (Å²) in [6.45, 7) is 4.28. The molecule has 4 heteroatoms. The molecule has 1 fully saturated rings. The van der Waals surface area contributed by atoms with E-state index in [0.717, 1.165) is 17.1 Å². The van der Waals surface area contributed by atoms with E-state index in [4.69, 9.17) is 0 Å². The van der Waals surface area contributed by atoms with Gasteiger partial charge in [-0.15, -0.1) is 0 Å². The lowest BCUT2D eigenvalue weighted by Crippen LogP contribution is -2.33. The van der Waals surface area contributed by atoms with E-state index >= 15 is 0 Å². The van der Waals surface area contributed by atoms with Crippen LogP contribution >= 0.6 is 0 Å². The first-order valence-electron chi connectivity index (χ1n) is 8.24. The second-order valence-electron chi connectivity index (χ2n) is 6.19. The highest BCUT2D eigenvalue weighted by Crippen LogP contribution is 2.23. The van der Waals surface area contributed by atoms with Crippen molar-refractivity contribution in [3.63, 3.8) is 0 Å². The summed E-state index contributed by atoms with van der Waals surface area (Å²) in [6, 6.07) is 4.83. The van der Waals surface area contributed by atoms with E-state index in [9.17, 15) is 0 Å². The molecule has 0 amide bonds. The van der Waals surface area contributed by atoms with E-state index in [-0.39, 0.29) is 0 Å². The smallest absolute Gasteiger partial charge is 0.159 e. The molecule has 0 aliphatic heterocycles. The molecule has 22 heavy (non-hydrogen) atoms. The second kappa shape index (κ2) is 6.97. The average molecular weight is 296 g/mol. The zero-order valence-electron chi connectivity index (χ0n) is 13.4. The number of rotatable bonds is 4. The first-order valence-corrected chi connectivity index (χ1v) is 8.24. The van der Waals surface area contributed by atoms with Gasteiger partial charge in [0.1, 0.15) is 0 Å². The summed E-state index contributed by atoms with van der Waals surface area (Å²) in [4.78, 5) is 13.3. The van der Waals surface area contributed by atoms with Crippen LogP contribution in [0.1, 0.15) is 56.3 Å². The molecule has 1 saturated carbocycles. The standard InChI is InChI=1S/C18H24N4/c1-13(21-16-6-4-3-5-7-16)17-12-20-18(22-14(17)2)15-8-10-19-11-9-15/h8-13,16,21H,3-7H2,1-2H3/t13-/m0/s1. The van der Waals surface area contributed by atoms with E-state index in [1.807, 2.05) is 18.3 Å². The van der Waals surface area contributed by atoms with E-state index in [0.29, 0.717) is 12.1 Å². The predicted molar refractivity (Wildman–Crippen MR) is 88.4 cm³/mol. The highest BCUT2D eigenvalue weighted by atomic mass is 15.0. The molecule has 116 valence electrons. The van der Waals surface area contributed by atoms with Crippen molar-refractivity contribution in [1.29, 1.82) is 0 Å². The Labute approximate surface area is 132 Å². The molecule has 2 aromatic rings. The minimum absolute atomic E-state index is 0.301. The van der Waals surface area contributed by atoms with Crippen molar-refractivity contribution in [2.24, 2.45) is 0 Å². The number of nitrogens with zero attached hydrogens (tertiary/aromatic N) is 3. The summed E-state index contributed by atoms with van der Waals surface area (Å²) in [5.41, 5.74) is 3.26. The molecule has 1 atom stereocenters. The maximum atomic E-state index is 4.68. The minimum Gasteiger partial charge on any atom is -0.307 e. The highest BCUT2D eigenvalue weighted by molar-refractivity contribution is 5.53. The monoisotopic (exact) mass is 296 g/mol. The van der Waals surface area contributed by atoms with Gasteiger partial charge in [-0.05, 0) is 38.8 Å². The molecular weight excluding hydrogens is 272 g/mol. The lowest BCUT2D eigenvalue weighted by atomic mass is 9.94. The molecule has 1 N–H and O–H groups in total. The van der Waals surface area contributed by atoms with Crippen molar-refractivity contribution in [3.8, 4) is 11.4 Å². The number of nitrogens with one attached hydrogen (secondary N) is 1.